The van der Waals surface area contributed by atoms with E-state index in [0.29, 0.717) is 41.0 Å². The molecular weight excluding hydrogens is 512 g/mol. The summed E-state index contributed by atoms with van der Waals surface area (Å²) < 4.78 is 35.2. The summed E-state index contributed by atoms with van der Waals surface area (Å²) in [7, 11) is 1.48. The second-order valence-electron chi connectivity index (χ2n) is 10.00. The summed E-state index contributed by atoms with van der Waals surface area (Å²) in [5, 5.41) is 31.0. The maximum Gasteiger partial charge on any atom is 0.406 e. The number of alkyl halides is 2. The fourth-order valence-corrected chi connectivity index (χ4v) is 4.13. The van der Waals surface area contributed by atoms with Crippen molar-refractivity contribution in [1.82, 2.24) is 25.2 Å². The molecule has 206 valence electrons. The highest BCUT2D eigenvalue weighted by molar-refractivity contribution is 6.00. The van der Waals surface area contributed by atoms with Crippen molar-refractivity contribution in [2.45, 2.75) is 44.3 Å². The molecule has 1 aliphatic carbocycles. The second kappa shape index (κ2) is 10.8. The van der Waals surface area contributed by atoms with Gasteiger partial charge in [-0.2, -0.15) is 10.4 Å². The van der Waals surface area contributed by atoms with Crippen LogP contribution in [0.2, 0.25) is 0 Å². The van der Waals surface area contributed by atoms with Crippen molar-refractivity contribution in [1.29, 1.82) is 5.26 Å². The summed E-state index contributed by atoms with van der Waals surface area (Å²) in [5.41, 5.74) is 0.247. The van der Waals surface area contributed by atoms with Crippen LogP contribution in [0.15, 0.2) is 36.7 Å². The molecule has 13 heteroatoms. The number of hydrogen-bond acceptors (Lipinski definition) is 8. The number of ether oxygens (including phenoxy) is 1. The molecule has 0 unspecified atom stereocenters. The van der Waals surface area contributed by atoms with E-state index in [0.717, 1.165) is 13.8 Å². The summed E-state index contributed by atoms with van der Waals surface area (Å²) in [5.74, 6) is -4.21. The zero-order valence-electron chi connectivity index (χ0n) is 21.7. The molecule has 0 atom stereocenters. The molecule has 0 saturated heterocycles. The first-order valence-corrected chi connectivity index (χ1v) is 12.3. The average Bonchev–Trinajstić information content (AvgIpc) is 3.30. The monoisotopic (exact) mass is 541 g/mol. The van der Waals surface area contributed by atoms with Gasteiger partial charge in [0.05, 0.1) is 53.1 Å². The van der Waals surface area contributed by atoms with Crippen molar-refractivity contribution in [3.05, 3.63) is 47.8 Å². The van der Waals surface area contributed by atoms with Gasteiger partial charge in [0.25, 0.3) is 11.8 Å². The van der Waals surface area contributed by atoms with E-state index in [2.05, 4.69) is 26.0 Å². The molecule has 2 amide bonds. The fraction of sp³-hybridized carbons (Fsp3) is 0.423. The van der Waals surface area contributed by atoms with Gasteiger partial charge >= 0.3 is 6.09 Å². The minimum atomic E-state index is -3.56. The van der Waals surface area contributed by atoms with E-state index in [4.69, 9.17) is 10.00 Å². The minimum absolute atomic E-state index is 0.0518. The van der Waals surface area contributed by atoms with Crippen molar-refractivity contribution >= 4 is 23.2 Å². The van der Waals surface area contributed by atoms with E-state index < -0.39 is 30.1 Å². The maximum atomic E-state index is 14.3. The van der Waals surface area contributed by atoms with E-state index in [1.165, 1.54) is 19.4 Å². The molecule has 3 aromatic rings. The first kappa shape index (κ1) is 27.7. The van der Waals surface area contributed by atoms with Crippen LogP contribution in [0, 0.1) is 17.2 Å². The van der Waals surface area contributed by atoms with E-state index >= 15 is 0 Å². The third kappa shape index (κ3) is 6.06. The molecule has 4 rings (SSSR count). The third-order valence-corrected chi connectivity index (χ3v) is 6.66. The van der Waals surface area contributed by atoms with Crippen LogP contribution in [0.5, 0.6) is 0 Å². The third-order valence-electron chi connectivity index (χ3n) is 6.66. The Morgan fingerprint density at radius 2 is 2.00 bits per heavy atom. The molecule has 3 aromatic heterocycles. The van der Waals surface area contributed by atoms with E-state index in [-0.39, 0.29) is 24.1 Å². The Hall–Kier alpha value is -4.31. The Morgan fingerprint density at radius 1 is 1.26 bits per heavy atom. The number of carbonyl (C=O) groups is 2. The molecule has 3 heterocycles. The second-order valence-corrected chi connectivity index (χ2v) is 10.00. The van der Waals surface area contributed by atoms with Gasteiger partial charge < -0.3 is 25.8 Å². The summed E-state index contributed by atoms with van der Waals surface area (Å²) in [6.07, 6.45) is 3.54. The van der Waals surface area contributed by atoms with Gasteiger partial charge in [0.2, 0.25) is 0 Å². The number of carbonyl (C=O) groups excluding carboxylic acids is 2. The summed E-state index contributed by atoms with van der Waals surface area (Å²) in [6.45, 7) is 1.14. The van der Waals surface area contributed by atoms with Crippen molar-refractivity contribution in [2.24, 2.45) is 5.92 Å². The maximum absolute atomic E-state index is 14.3. The summed E-state index contributed by atoms with van der Waals surface area (Å²) in [6, 6.07) is 8.85. The lowest BCUT2D eigenvalue weighted by Gasteiger charge is -2.36. The molecule has 1 fully saturated rings. The number of pyridine rings is 1. The SMILES string of the molecule is CNC(=O)OCC1CC(Nc2cc(-c3ccc4cc(C#N)cnn34)ncc2C(=O)NCC(F)(F)C(C)(C)O)C1. The number of anilines is 1. The first-order valence-electron chi connectivity index (χ1n) is 12.3. The molecule has 0 aliphatic heterocycles. The topological polar surface area (TPSA) is 154 Å². The van der Waals surface area contributed by atoms with E-state index in [9.17, 15) is 23.5 Å². The Labute approximate surface area is 223 Å². The lowest BCUT2D eigenvalue weighted by Crippen LogP contribution is -2.50. The number of aromatic nitrogens is 3. The molecule has 0 spiro atoms. The number of amides is 2. The van der Waals surface area contributed by atoms with Gasteiger partial charge in [-0.1, -0.05) is 0 Å². The van der Waals surface area contributed by atoms with Gasteiger partial charge in [-0.05, 0) is 56.9 Å². The Balaban J connectivity index is 1.58. The van der Waals surface area contributed by atoms with Crippen LogP contribution in [0.25, 0.3) is 16.9 Å². The van der Waals surface area contributed by atoms with Crippen molar-refractivity contribution in [2.75, 3.05) is 25.5 Å². The Kier molecular flexibility index (Phi) is 7.69. The number of alkyl carbamates (subject to hydrolysis) is 1. The molecule has 0 radical (unpaired) electrons. The summed E-state index contributed by atoms with van der Waals surface area (Å²) in [4.78, 5) is 28.7. The van der Waals surface area contributed by atoms with E-state index in [1.54, 1.807) is 28.8 Å². The number of nitriles is 1. The summed E-state index contributed by atoms with van der Waals surface area (Å²) >= 11 is 0. The Morgan fingerprint density at radius 3 is 2.67 bits per heavy atom. The molecule has 11 nitrogen and oxygen atoms in total. The van der Waals surface area contributed by atoms with Crippen molar-refractivity contribution < 1.29 is 28.2 Å². The number of nitrogens with zero attached hydrogens (tertiary/aromatic N) is 4. The van der Waals surface area contributed by atoms with E-state index in [1.807, 2.05) is 6.07 Å². The largest absolute Gasteiger partial charge is 0.449 e. The van der Waals surface area contributed by atoms with Gasteiger partial charge in [0, 0.05) is 19.3 Å². The lowest BCUT2D eigenvalue weighted by atomic mass is 9.80. The van der Waals surface area contributed by atoms with Crippen LogP contribution < -0.4 is 16.0 Å². The van der Waals surface area contributed by atoms with Gasteiger partial charge in [-0.15, -0.1) is 0 Å². The zero-order chi connectivity index (χ0) is 28.4. The van der Waals surface area contributed by atoms with Gasteiger partial charge in [0.15, 0.2) is 0 Å². The highest BCUT2D eigenvalue weighted by Crippen LogP contribution is 2.33. The standard InChI is InChI=1S/C26H29F2N7O4/c1-25(2,38)26(27,28)14-32-23(36)19-12-31-21(22-5-4-18-8-16(10-29)11-33-35(18)22)9-20(19)34-17-6-15(7-17)13-39-24(37)30-3/h4-5,8-9,11-12,15,17,38H,6-7,13-14H2,1-3H3,(H,30,37)(H,31,34)(H,32,36). The lowest BCUT2D eigenvalue weighted by molar-refractivity contribution is -0.156. The molecule has 0 aromatic carbocycles. The van der Waals surface area contributed by atoms with Crippen LogP contribution in [-0.2, 0) is 4.74 Å². The number of rotatable bonds is 9. The molecule has 1 aliphatic rings. The van der Waals surface area contributed by atoms with Crippen LogP contribution in [-0.4, -0.2) is 69.5 Å². The first-order chi connectivity index (χ1) is 18.4. The predicted molar refractivity (Wildman–Crippen MR) is 137 cm³/mol. The fourth-order valence-electron chi connectivity index (χ4n) is 4.13. The molecular formula is C26H29F2N7O4. The molecule has 1 saturated carbocycles. The molecule has 39 heavy (non-hydrogen) atoms. The highest BCUT2D eigenvalue weighted by atomic mass is 19.3. The number of halogens is 2. The van der Waals surface area contributed by atoms with Gasteiger partial charge in [0.1, 0.15) is 11.7 Å². The highest BCUT2D eigenvalue weighted by Gasteiger charge is 2.45. The number of fused-ring (bicyclic) bond motifs is 1. The minimum Gasteiger partial charge on any atom is -0.449 e. The smallest absolute Gasteiger partial charge is 0.406 e. The van der Waals surface area contributed by atoms with Crippen molar-refractivity contribution in [3.63, 3.8) is 0 Å². The number of nitrogens with one attached hydrogen (secondary N) is 3. The van der Waals surface area contributed by atoms with Crippen LogP contribution in [0.1, 0.15) is 42.6 Å². The quantitative estimate of drug-likeness (QED) is 0.323. The Bertz CT molecular complexity index is 1420. The van der Waals surface area contributed by atoms with Crippen LogP contribution >= 0.6 is 0 Å². The number of aliphatic hydroxyl groups is 1. The number of hydrogen-bond donors (Lipinski definition) is 4. The van der Waals surface area contributed by atoms with Crippen LogP contribution in [0.4, 0.5) is 19.3 Å². The van der Waals surface area contributed by atoms with Gasteiger partial charge in [-0.3, -0.25) is 9.78 Å². The average molecular weight is 542 g/mol. The van der Waals surface area contributed by atoms with Crippen molar-refractivity contribution in [3.8, 4) is 17.5 Å². The normalized spacial score (nSPS) is 17.2. The predicted octanol–water partition coefficient (Wildman–Crippen LogP) is 2.95. The molecule has 4 N–H and O–H groups in total. The van der Waals surface area contributed by atoms with Gasteiger partial charge in [-0.25, -0.2) is 18.1 Å². The van der Waals surface area contributed by atoms with Crippen LogP contribution in [0.3, 0.4) is 0 Å². The zero-order valence-corrected chi connectivity index (χ0v) is 21.7. The molecule has 0 bridgehead atoms.